The van der Waals surface area contributed by atoms with Gasteiger partial charge in [0.05, 0.1) is 10.7 Å². The maximum absolute atomic E-state index is 12.3. The van der Waals surface area contributed by atoms with E-state index in [1.807, 2.05) is 54.6 Å². The van der Waals surface area contributed by atoms with Crippen LogP contribution in [0.2, 0.25) is 5.02 Å². The zero-order chi connectivity index (χ0) is 19.9. The second-order valence-electron chi connectivity index (χ2n) is 5.98. The maximum Gasteiger partial charge on any atom is 0.185 e. The molecule has 0 N–H and O–H groups in total. The summed E-state index contributed by atoms with van der Waals surface area (Å²) in [6.07, 6.45) is 3.34. The number of benzene rings is 3. The molecule has 0 spiro atoms. The molecule has 0 saturated carbocycles. The topological polar surface area (TPSA) is 35.5 Å². The van der Waals surface area contributed by atoms with Crippen LogP contribution in [0.4, 0.5) is 0 Å². The van der Waals surface area contributed by atoms with E-state index in [2.05, 4.69) is 22.6 Å². The predicted octanol–water partition coefficient (Wildman–Crippen LogP) is 6.43. The van der Waals surface area contributed by atoms with Crippen LogP contribution in [0.5, 0.6) is 11.5 Å². The minimum atomic E-state index is -0.0476. The van der Waals surface area contributed by atoms with Crippen LogP contribution in [0.25, 0.3) is 6.08 Å². The van der Waals surface area contributed by atoms with Crippen molar-refractivity contribution < 1.29 is 14.3 Å². The molecule has 28 heavy (non-hydrogen) atoms. The lowest BCUT2D eigenvalue weighted by atomic mass is 10.1. The molecule has 0 amide bonds. The van der Waals surface area contributed by atoms with Gasteiger partial charge in [-0.2, -0.15) is 0 Å². The van der Waals surface area contributed by atoms with Crippen LogP contribution in [0.15, 0.2) is 72.8 Å². The fourth-order valence-corrected chi connectivity index (χ4v) is 3.58. The molecule has 0 radical (unpaired) electrons. The van der Waals surface area contributed by atoms with Gasteiger partial charge in [0, 0.05) is 16.1 Å². The summed E-state index contributed by atoms with van der Waals surface area (Å²) >= 11 is 8.39. The van der Waals surface area contributed by atoms with E-state index in [0.29, 0.717) is 28.7 Å². The molecular weight excluding hydrogens is 487 g/mol. The van der Waals surface area contributed by atoms with Crippen molar-refractivity contribution in [1.82, 2.24) is 0 Å². The average molecular weight is 505 g/mol. The lowest BCUT2D eigenvalue weighted by Crippen LogP contribution is -2.01. The van der Waals surface area contributed by atoms with Crippen molar-refractivity contribution in [2.24, 2.45) is 0 Å². The number of hydrogen-bond acceptors (Lipinski definition) is 3. The SMILES string of the molecule is COc1cc(/C=C/C(=O)c2ccccc2)cc(I)c1OCc1ccccc1Cl. The first kappa shape index (κ1) is 20.4. The molecule has 3 rings (SSSR count). The van der Waals surface area contributed by atoms with E-state index in [0.717, 1.165) is 14.7 Å². The van der Waals surface area contributed by atoms with Crippen molar-refractivity contribution in [3.8, 4) is 11.5 Å². The molecule has 0 atom stereocenters. The third kappa shape index (κ3) is 5.14. The minimum Gasteiger partial charge on any atom is -0.493 e. The largest absolute Gasteiger partial charge is 0.493 e. The molecule has 0 saturated heterocycles. The number of ketones is 1. The van der Waals surface area contributed by atoms with Gasteiger partial charge in [-0.1, -0.05) is 66.2 Å². The van der Waals surface area contributed by atoms with Crippen molar-refractivity contribution in [3.05, 3.63) is 98.1 Å². The fourth-order valence-electron chi connectivity index (χ4n) is 2.61. The quantitative estimate of drug-likeness (QED) is 0.211. The molecule has 0 aliphatic rings. The molecule has 3 nitrogen and oxygen atoms in total. The number of methoxy groups -OCH3 is 1. The number of rotatable bonds is 7. The molecular formula is C23H18ClIO3. The number of allylic oxidation sites excluding steroid dienone is 1. The molecule has 0 heterocycles. The third-order valence-corrected chi connectivity index (χ3v) is 5.24. The molecule has 0 fully saturated rings. The average Bonchev–Trinajstić information content (AvgIpc) is 2.72. The molecule has 0 unspecified atom stereocenters. The minimum absolute atomic E-state index is 0.0476. The molecule has 3 aromatic rings. The Bertz CT molecular complexity index is 1000. The molecule has 0 bridgehead atoms. The first-order valence-corrected chi connectivity index (χ1v) is 10.1. The highest BCUT2D eigenvalue weighted by molar-refractivity contribution is 14.1. The van der Waals surface area contributed by atoms with Crippen LogP contribution >= 0.6 is 34.2 Å². The third-order valence-electron chi connectivity index (χ3n) is 4.07. The highest BCUT2D eigenvalue weighted by Crippen LogP contribution is 2.35. The standard InChI is InChI=1S/C23H18ClIO3/c1-27-22-14-16(11-12-21(26)17-7-3-2-4-8-17)13-20(25)23(22)28-15-18-9-5-6-10-19(18)24/h2-14H,15H2,1H3/b12-11+. The monoisotopic (exact) mass is 504 g/mol. The maximum atomic E-state index is 12.3. The molecule has 0 aliphatic heterocycles. The summed E-state index contributed by atoms with van der Waals surface area (Å²) < 4.78 is 12.3. The van der Waals surface area contributed by atoms with Crippen molar-refractivity contribution in [3.63, 3.8) is 0 Å². The van der Waals surface area contributed by atoms with Gasteiger partial charge in [0.25, 0.3) is 0 Å². The van der Waals surface area contributed by atoms with Gasteiger partial charge in [-0.05, 0) is 52.4 Å². The Hall–Kier alpha value is -2.31. The first-order valence-electron chi connectivity index (χ1n) is 8.59. The van der Waals surface area contributed by atoms with Crippen molar-refractivity contribution >= 4 is 46.1 Å². The number of carbonyl (C=O) groups is 1. The fraction of sp³-hybridized carbons (Fsp3) is 0.0870. The molecule has 3 aromatic carbocycles. The van der Waals surface area contributed by atoms with Gasteiger partial charge < -0.3 is 9.47 Å². The van der Waals surface area contributed by atoms with Crippen LogP contribution in [0, 0.1) is 3.57 Å². The summed E-state index contributed by atoms with van der Waals surface area (Å²) in [5.74, 6) is 1.20. The van der Waals surface area contributed by atoms with Gasteiger partial charge in [0.1, 0.15) is 6.61 Å². The molecule has 0 aliphatic carbocycles. The number of ether oxygens (including phenoxy) is 2. The predicted molar refractivity (Wildman–Crippen MR) is 121 cm³/mol. The summed E-state index contributed by atoms with van der Waals surface area (Å²) in [4.78, 5) is 12.3. The van der Waals surface area contributed by atoms with Crippen LogP contribution < -0.4 is 9.47 Å². The number of carbonyl (C=O) groups excluding carboxylic acids is 1. The molecule has 5 heteroatoms. The van der Waals surface area contributed by atoms with E-state index < -0.39 is 0 Å². The van der Waals surface area contributed by atoms with Gasteiger partial charge in [0.2, 0.25) is 0 Å². The molecule has 142 valence electrons. The first-order chi connectivity index (χ1) is 13.6. The lowest BCUT2D eigenvalue weighted by Gasteiger charge is -2.14. The Morgan fingerprint density at radius 1 is 1.07 bits per heavy atom. The van der Waals surface area contributed by atoms with E-state index in [1.54, 1.807) is 31.4 Å². The van der Waals surface area contributed by atoms with Crippen LogP contribution in [0.3, 0.4) is 0 Å². The van der Waals surface area contributed by atoms with Gasteiger partial charge in [0.15, 0.2) is 17.3 Å². The van der Waals surface area contributed by atoms with Crippen LogP contribution in [0.1, 0.15) is 21.5 Å². The second-order valence-corrected chi connectivity index (χ2v) is 7.55. The van der Waals surface area contributed by atoms with Crippen molar-refractivity contribution in [2.45, 2.75) is 6.61 Å². The van der Waals surface area contributed by atoms with Crippen molar-refractivity contribution in [2.75, 3.05) is 7.11 Å². The van der Waals surface area contributed by atoms with E-state index in [9.17, 15) is 4.79 Å². The van der Waals surface area contributed by atoms with Gasteiger partial charge in [-0.25, -0.2) is 0 Å². The Balaban J connectivity index is 1.78. The van der Waals surface area contributed by atoms with Crippen LogP contribution in [-0.2, 0) is 6.61 Å². The van der Waals surface area contributed by atoms with E-state index in [-0.39, 0.29) is 5.78 Å². The van der Waals surface area contributed by atoms with Crippen molar-refractivity contribution in [1.29, 1.82) is 0 Å². The summed E-state index contributed by atoms with van der Waals surface area (Å²) in [6, 6.07) is 20.5. The summed E-state index contributed by atoms with van der Waals surface area (Å²) in [6.45, 7) is 0.341. The number of halogens is 2. The summed E-state index contributed by atoms with van der Waals surface area (Å²) in [5, 5.41) is 0.662. The smallest absolute Gasteiger partial charge is 0.185 e. The van der Waals surface area contributed by atoms with Crippen LogP contribution in [-0.4, -0.2) is 12.9 Å². The van der Waals surface area contributed by atoms with Gasteiger partial charge >= 0.3 is 0 Å². The van der Waals surface area contributed by atoms with Gasteiger partial charge in [-0.3, -0.25) is 4.79 Å². The Labute approximate surface area is 183 Å². The lowest BCUT2D eigenvalue weighted by molar-refractivity contribution is 0.104. The number of hydrogen-bond donors (Lipinski definition) is 0. The highest BCUT2D eigenvalue weighted by Gasteiger charge is 2.12. The Kier molecular flexibility index (Phi) is 7.12. The Morgan fingerprint density at radius 2 is 1.79 bits per heavy atom. The highest BCUT2D eigenvalue weighted by atomic mass is 127. The molecule has 0 aromatic heterocycles. The zero-order valence-electron chi connectivity index (χ0n) is 15.2. The summed E-state index contributed by atoms with van der Waals surface area (Å²) in [5.41, 5.74) is 2.41. The zero-order valence-corrected chi connectivity index (χ0v) is 18.1. The van der Waals surface area contributed by atoms with E-state index in [4.69, 9.17) is 21.1 Å². The summed E-state index contributed by atoms with van der Waals surface area (Å²) in [7, 11) is 1.59. The van der Waals surface area contributed by atoms with Gasteiger partial charge in [-0.15, -0.1) is 0 Å². The normalized spacial score (nSPS) is 10.8. The Morgan fingerprint density at radius 3 is 2.50 bits per heavy atom. The van der Waals surface area contributed by atoms with E-state index in [1.165, 1.54) is 0 Å². The second kappa shape index (κ2) is 9.75. The van der Waals surface area contributed by atoms with E-state index >= 15 is 0 Å².